The third-order valence-corrected chi connectivity index (χ3v) is 3.89. The zero-order valence-electron chi connectivity index (χ0n) is 11.3. The molecule has 1 aliphatic rings. The molecule has 1 aliphatic heterocycles. The molecule has 1 aromatic carbocycles. The number of nitrogens with one attached hydrogen (secondary N) is 2. The summed E-state index contributed by atoms with van der Waals surface area (Å²) in [5.74, 6) is -0.0816. The highest BCUT2D eigenvalue weighted by Crippen LogP contribution is 2.26. The second-order valence-corrected chi connectivity index (χ2v) is 5.30. The smallest absolute Gasteiger partial charge is 0.256 e. The first-order chi connectivity index (χ1) is 9.07. The highest BCUT2D eigenvalue weighted by Gasteiger charge is 2.39. The number of hydrogen-bond donors (Lipinski definition) is 2. The molecule has 0 radical (unpaired) electrons. The molecule has 4 nitrogen and oxygen atoms in total. The Bertz CT molecular complexity index is 471. The summed E-state index contributed by atoms with van der Waals surface area (Å²) >= 11 is 5.91. The third kappa shape index (κ3) is 3.08. The molecule has 0 spiro atoms. The molecule has 0 atom stereocenters. The largest absolute Gasteiger partial charge is 0.368 e. The summed E-state index contributed by atoms with van der Waals surface area (Å²) in [5, 5.41) is 6.85. The fraction of sp³-hybridized carbons (Fsp3) is 0.500. The van der Waals surface area contributed by atoms with Crippen molar-refractivity contribution in [1.29, 1.82) is 0 Å². The first-order valence-corrected chi connectivity index (χ1v) is 6.79. The Morgan fingerprint density at radius 2 is 2.11 bits per heavy atom. The van der Waals surface area contributed by atoms with Crippen molar-refractivity contribution in [2.75, 3.05) is 25.5 Å². The van der Waals surface area contributed by atoms with Crippen LogP contribution in [0.25, 0.3) is 0 Å². The van der Waals surface area contributed by atoms with Gasteiger partial charge in [-0.2, -0.15) is 0 Å². The molecule has 1 saturated heterocycles. The zero-order chi connectivity index (χ0) is 13.9. The van der Waals surface area contributed by atoms with Gasteiger partial charge in [0.05, 0.1) is 0 Å². The van der Waals surface area contributed by atoms with Crippen molar-refractivity contribution in [2.24, 2.45) is 0 Å². The number of carbonyl (C=O) groups excluding carboxylic acids is 1. The van der Waals surface area contributed by atoms with E-state index in [1.165, 1.54) is 0 Å². The number of carbonyl (C=O) groups is 1. The van der Waals surface area contributed by atoms with E-state index < -0.39 is 5.60 Å². The Labute approximate surface area is 118 Å². The van der Waals surface area contributed by atoms with Crippen LogP contribution in [-0.4, -0.2) is 31.7 Å². The molecular weight excluding hydrogens is 264 g/mol. The van der Waals surface area contributed by atoms with Crippen molar-refractivity contribution in [3.05, 3.63) is 28.8 Å². The van der Waals surface area contributed by atoms with Crippen molar-refractivity contribution < 1.29 is 9.53 Å². The molecule has 0 aromatic heterocycles. The number of rotatable bonds is 3. The average molecular weight is 283 g/mol. The molecule has 2 N–H and O–H groups in total. The van der Waals surface area contributed by atoms with Crippen LogP contribution in [-0.2, 0) is 9.53 Å². The molecule has 0 saturated carbocycles. The number of aryl methyl sites for hydroxylation is 1. The van der Waals surface area contributed by atoms with Crippen LogP contribution in [0.5, 0.6) is 0 Å². The fourth-order valence-corrected chi connectivity index (χ4v) is 2.58. The second kappa shape index (κ2) is 5.90. The maximum absolute atomic E-state index is 12.5. The van der Waals surface area contributed by atoms with Gasteiger partial charge in [0.2, 0.25) is 0 Å². The van der Waals surface area contributed by atoms with E-state index in [-0.39, 0.29) is 5.91 Å². The van der Waals surface area contributed by atoms with Gasteiger partial charge in [0.1, 0.15) is 5.60 Å². The minimum atomic E-state index is -0.725. The number of ether oxygens (including phenoxy) is 1. The van der Waals surface area contributed by atoms with Crippen LogP contribution in [0.3, 0.4) is 0 Å². The van der Waals surface area contributed by atoms with E-state index in [0.29, 0.717) is 17.9 Å². The summed E-state index contributed by atoms with van der Waals surface area (Å²) in [6.45, 7) is 3.51. The molecule has 1 amide bonds. The first-order valence-electron chi connectivity index (χ1n) is 6.41. The van der Waals surface area contributed by atoms with Gasteiger partial charge in [0.25, 0.3) is 5.91 Å². The molecule has 1 aromatic rings. The number of amides is 1. The van der Waals surface area contributed by atoms with Gasteiger partial charge < -0.3 is 15.4 Å². The summed E-state index contributed by atoms with van der Waals surface area (Å²) < 4.78 is 5.50. The Hall–Kier alpha value is -1.10. The zero-order valence-corrected chi connectivity index (χ0v) is 12.0. The SMILES string of the molecule is COC1(C(=O)Nc2ccc(Cl)cc2C)CCNCC1. The maximum Gasteiger partial charge on any atom is 0.256 e. The summed E-state index contributed by atoms with van der Waals surface area (Å²) in [7, 11) is 1.60. The fourth-order valence-electron chi connectivity index (χ4n) is 2.36. The normalized spacial score (nSPS) is 18.1. The van der Waals surface area contributed by atoms with Crippen molar-refractivity contribution in [3.63, 3.8) is 0 Å². The lowest BCUT2D eigenvalue weighted by Crippen LogP contribution is -2.51. The van der Waals surface area contributed by atoms with Crippen LogP contribution >= 0.6 is 11.6 Å². The highest BCUT2D eigenvalue weighted by atomic mass is 35.5. The summed E-state index contributed by atoms with van der Waals surface area (Å²) in [5.41, 5.74) is 1.00. The quantitative estimate of drug-likeness (QED) is 0.895. The summed E-state index contributed by atoms with van der Waals surface area (Å²) in [6.07, 6.45) is 1.37. The van der Waals surface area contributed by atoms with Gasteiger partial charge in [-0.25, -0.2) is 0 Å². The lowest BCUT2D eigenvalue weighted by molar-refractivity contribution is -0.140. The van der Waals surface area contributed by atoms with Gasteiger partial charge in [-0.3, -0.25) is 4.79 Å². The number of hydrogen-bond acceptors (Lipinski definition) is 3. The van der Waals surface area contributed by atoms with Crippen LogP contribution in [0.1, 0.15) is 18.4 Å². The molecular formula is C14H19ClN2O2. The second-order valence-electron chi connectivity index (χ2n) is 4.86. The van der Waals surface area contributed by atoms with Gasteiger partial charge in [-0.15, -0.1) is 0 Å². The molecule has 19 heavy (non-hydrogen) atoms. The van der Waals surface area contributed by atoms with Crippen LogP contribution < -0.4 is 10.6 Å². The molecule has 0 unspecified atom stereocenters. The third-order valence-electron chi connectivity index (χ3n) is 3.65. The maximum atomic E-state index is 12.5. The van der Waals surface area contributed by atoms with E-state index in [0.717, 1.165) is 24.3 Å². The number of methoxy groups -OCH3 is 1. The van der Waals surface area contributed by atoms with Crippen LogP contribution in [0.15, 0.2) is 18.2 Å². The molecule has 1 heterocycles. The lowest BCUT2D eigenvalue weighted by Gasteiger charge is -2.34. The molecule has 104 valence electrons. The van der Waals surface area contributed by atoms with Crippen LogP contribution in [0, 0.1) is 6.92 Å². The van der Waals surface area contributed by atoms with E-state index >= 15 is 0 Å². The van der Waals surface area contributed by atoms with E-state index in [1.807, 2.05) is 19.1 Å². The summed E-state index contributed by atoms with van der Waals surface area (Å²) in [6, 6.07) is 5.42. The lowest BCUT2D eigenvalue weighted by atomic mass is 9.91. The van der Waals surface area contributed by atoms with Crippen LogP contribution in [0.2, 0.25) is 5.02 Å². The van der Waals surface area contributed by atoms with E-state index in [2.05, 4.69) is 10.6 Å². The Balaban J connectivity index is 2.15. The predicted molar refractivity (Wildman–Crippen MR) is 76.7 cm³/mol. The van der Waals surface area contributed by atoms with Crippen molar-refractivity contribution >= 4 is 23.2 Å². The molecule has 1 fully saturated rings. The van der Waals surface area contributed by atoms with Crippen LogP contribution in [0.4, 0.5) is 5.69 Å². The molecule has 0 bridgehead atoms. The summed E-state index contributed by atoms with van der Waals surface area (Å²) in [4.78, 5) is 12.5. The molecule has 2 rings (SSSR count). The number of piperidine rings is 1. The monoisotopic (exact) mass is 282 g/mol. The molecule has 0 aliphatic carbocycles. The standard InChI is InChI=1S/C14H19ClN2O2/c1-10-9-11(15)3-4-12(10)17-13(18)14(19-2)5-7-16-8-6-14/h3-4,9,16H,5-8H2,1-2H3,(H,17,18). The minimum absolute atomic E-state index is 0.0816. The Morgan fingerprint density at radius 3 is 2.68 bits per heavy atom. The number of halogens is 1. The van der Waals surface area contributed by atoms with E-state index in [4.69, 9.17) is 16.3 Å². The predicted octanol–water partition coefficient (Wildman–Crippen LogP) is 2.36. The number of anilines is 1. The van der Waals surface area contributed by atoms with Crippen molar-refractivity contribution in [2.45, 2.75) is 25.4 Å². The average Bonchev–Trinajstić information content (AvgIpc) is 2.42. The minimum Gasteiger partial charge on any atom is -0.368 e. The van der Waals surface area contributed by atoms with Crippen molar-refractivity contribution in [3.8, 4) is 0 Å². The number of benzene rings is 1. The topological polar surface area (TPSA) is 50.4 Å². The van der Waals surface area contributed by atoms with Gasteiger partial charge in [0.15, 0.2) is 0 Å². The van der Waals surface area contributed by atoms with Crippen molar-refractivity contribution in [1.82, 2.24) is 5.32 Å². The highest BCUT2D eigenvalue weighted by molar-refractivity contribution is 6.30. The Kier molecular flexibility index (Phi) is 4.45. The van der Waals surface area contributed by atoms with Gasteiger partial charge in [-0.1, -0.05) is 11.6 Å². The van der Waals surface area contributed by atoms with Gasteiger partial charge in [-0.05, 0) is 56.6 Å². The van der Waals surface area contributed by atoms with E-state index in [9.17, 15) is 4.79 Å². The molecule has 5 heteroatoms. The Morgan fingerprint density at radius 1 is 1.42 bits per heavy atom. The van der Waals surface area contributed by atoms with Gasteiger partial charge in [0, 0.05) is 17.8 Å². The first kappa shape index (κ1) is 14.3. The van der Waals surface area contributed by atoms with Gasteiger partial charge >= 0.3 is 0 Å². The van der Waals surface area contributed by atoms with E-state index in [1.54, 1.807) is 13.2 Å².